The summed E-state index contributed by atoms with van der Waals surface area (Å²) < 4.78 is 5.30. The molecule has 0 unspecified atom stereocenters. The van der Waals surface area contributed by atoms with Crippen LogP contribution in [0.2, 0.25) is 5.02 Å². The summed E-state index contributed by atoms with van der Waals surface area (Å²) in [5.41, 5.74) is 1.67. The van der Waals surface area contributed by atoms with Crippen molar-refractivity contribution >= 4 is 40.7 Å². The summed E-state index contributed by atoms with van der Waals surface area (Å²) in [6.07, 6.45) is 2.79. The molecule has 4 rings (SSSR count). The molecule has 3 atom stereocenters. The van der Waals surface area contributed by atoms with Crippen molar-refractivity contribution in [3.05, 3.63) is 53.1 Å². The molecule has 0 saturated carbocycles. The molecule has 0 aliphatic carbocycles. The Hall–Kier alpha value is -3.10. The number of halogens is 1. The minimum Gasteiger partial charge on any atom is -0.497 e. The fourth-order valence-corrected chi connectivity index (χ4v) is 5.53. The van der Waals surface area contributed by atoms with Crippen molar-refractivity contribution in [2.75, 3.05) is 24.3 Å². The fraction of sp³-hybridized carbons (Fsp3) is 0.423. The molecular weight excluding hydrogens is 468 g/mol. The van der Waals surface area contributed by atoms with Crippen LogP contribution in [0.25, 0.3) is 0 Å². The highest BCUT2D eigenvalue weighted by Crippen LogP contribution is 2.45. The van der Waals surface area contributed by atoms with Crippen molar-refractivity contribution in [1.82, 2.24) is 10.2 Å². The smallest absolute Gasteiger partial charge is 0.238 e. The maximum Gasteiger partial charge on any atom is 0.238 e. The maximum absolute atomic E-state index is 13.2. The van der Waals surface area contributed by atoms with Gasteiger partial charge in [0, 0.05) is 31.1 Å². The van der Waals surface area contributed by atoms with Crippen LogP contribution in [0.15, 0.2) is 42.5 Å². The lowest BCUT2D eigenvalue weighted by Crippen LogP contribution is -2.53. The average Bonchev–Trinajstić information content (AvgIpc) is 2.96. The number of carbonyl (C=O) groups excluding carboxylic acids is 3. The Morgan fingerprint density at radius 1 is 1.20 bits per heavy atom. The third-order valence-corrected chi connectivity index (χ3v) is 7.16. The number of nitrogens with zero attached hydrogens (tertiary/aromatic N) is 1. The highest BCUT2D eigenvalue weighted by molar-refractivity contribution is 6.34. The zero-order valence-electron chi connectivity index (χ0n) is 20.2. The standard InChI is InChI=1S/C26H31ClN4O4/c1-16(32)28-18-9-12-21(20(27)13-18)29-25(34)15-31-22(17-7-10-19(35-3)11-8-17)14-26(2)23(31)5-4-6-24(33)30-26/h7-13,22-23H,4-6,14-15H2,1-3H3,(H,28,32)(H,29,34)(H,30,33)/t22-,23-,26-/m0/s1. The lowest BCUT2D eigenvalue weighted by atomic mass is 9.88. The van der Waals surface area contributed by atoms with Crippen LogP contribution in [0.5, 0.6) is 5.75 Å². The predicted octanol–water partition coefficient (Wildman–Crippen LogP) is 4.12. The van der Waals surface area contributed by atoms with Crippen LogP contribution >= 0.6 is 11.6 Å². The molecular formula is C26H31ClN4O4. The molecule has 3 amide bonds. The molecule has 0 bridgehead atoms. The Kier molecular flexibility index (Phi) is 7.33. The summed E-state index contributed by atoms with van der Waals surface area (Å²) in [5, 5.41) is 9.15. The number of nitrogens with one attached hydrogen (secondary N) is 3. The maximum atomic E-state index is 13.2. The summed E-state index contributed by atoms with van der Waals surface area (Å²) in [5.74, 6) is 0.426. The molecule has 2 aliphatic heterocycles. The summed E-state index contributed by atoms with van der Waals surface area (Å²) in [7, 11) is 1.63. The van der Waals surface area contributed by atoms with Crippen LogP contribution in [0.3, 0.4) is 0 Å². The largest absolute Gasteiger partial charge is 0.497 e. The van der Waals surface area contributed by atoms with Crippen LogP contribution in [0, 0.1) is 0 Å². The number of methoxy groups -OCH3 is 1. The van der Waals surface area contributed by atoms with Crippen molar-refractivity contribution < 1.29 is 19.1 Å². The number of anilines is 2. The van der Waals surface area contributed by atoms with Crippen molar-refractivity contribution in [2.45, 2.75) is 57.2 Å². The van der Waals surface area contributed by atoms with Gasteiger partial charge in [-0.25, -0.2) is 0 Å². The molecule has 3 N–H and O–H groups in total. The number of carbonyl (C=O) groups is 3. The van der Waals surface area contributed by atoms with E-state index in [1.54, 1.807) is 25.3 Å². The number of amides is 3. The Balaban J connectivity index is 1.57. The Morgan fingerprint density at radius 3 is 2.60 bits per heavy atom. The zero-order valence-corrected chi connectivity index (χ0v) is 20.9. The molecule has 2 saturated heterocycles. The van der Waals surface area contributed by atoms with E-state index in [0.29, 0.717) is 29.2 Å². The molecule has 2 aromatic rings. The highest BCUT2D eigenvalue weighted by Gasteiger charge is 2.51. The first kappa shape index (κ1) is 25.0. The number of hydrogen-bond donors (Lipinski definition) is 3. The van der Waals surface area contributed by atoms with Gasteiger partial charge in [-0.1, -0.05) is 23.7 Å². The van der Waals surface area contributed by atoms with Crippen LogP contribution in [-0.4, -0.2) is 47.9 Å². The molecule has 8 nitrogen and oxygen atoms in total. The predicted molar refractivity (Wildman–Crippen MR) is 136 cm³/mol. The van der Waals surface area contributed by atoms with Crippen molar-refractivity contribution in [1.29, 1.82) is 0 Å². The summed E-state index contributed by atoms with van der Waals surface area (Å²) in [6, 6.07) is 12.8. The molecule has 0 radical (unpaired) electrons. The van der Waals surface area contributed by atoms with Gasteiger partial charge in [0.1, 0.15) is 5.75 Å². The molecule has 2 aromatic carbocycles. The van der Waals surface area contributed by atoms with Crippen molar-refractivity contribution in [3.63, 3.8) is 0 Å². The van der Waals surface area contributed by atoms with Gasteiger partial charge >= 0.3 is 0 Å². The highest BCUT2D eigenvalue weighted by atomic mass is 35.5. The number of fused-ring (bicyclic) bond motifs is 1. The van der Waals surface area contributed by atoms with Crippen LogP contribution in [-0.2, 0) is 14.4 Å². The molecule has 0 spiro atoms. The second kappa shape index (κ2) is 10.3. The molecule has 35 heavy (non-hydrogen) atoms. The molecule has 2 aliphatic rings. The van der Waals surface area contributed by atoms with Gasteiger partial charge in [0.15, 0.2) is 0 Å². The fourth-order valence-electron chi connectivity index (χ4n) is 5.30. The summed E-state index contributed by atoms with van der Waals surface area (Å²) in [6.45, 7) is 3.64. The zero-order chi connectivity index (χ0) is 25.2. The Labute approximate surface area is 210 Å². The first-order valence-electron chi connectivity index (χ1n) is 11.8. The van der Waals surface area contributed by atoms with E-state index in [4.69, 9.17) is 16.3 Å². The van der Waals surface area contributed by atoms with E-state index in [0.717, 1.165) is 24.2 Å². The summed E-state index contributed by atoms with van der Waals surface area (Å²) >= 11 is 6.36. The van der Waals surface area contributed by atoms with Gasteiger partial charge in [0.2, 0.25) is 17.7 Å². The summed E-state index contributed by atoms with van der Waals surface area (Å²) in [4.78, 5) is 39.1. The normalized spacial score (nSPS) is 24.2. The second-order valence-corrected chi connectivity index (χ2v) is 9.87. The first-order chi connectivity index (χ1) is 16.7. The number of likely N-dealkylation sites (tertiary alicyclic amines) is 1. The van der Waals surface area contributed by atoms with Gasteiger partial charge in [-0.05, 0) is 62.1 Å². The third-order valence-electron chi connectivity index (χ3n) is 6.85. The Bertz CT molecular complexity index is 1120. The van der Waals surface area contributed by atoms with Gasteiger partial charge in [0.25, 0.3) is 0 Å². The van der Waals surface area contributed by atoms with E-state index in [9.17, 15) is 14.4 Å². The SMILES string of the molecule is COc1ccc([C@@H]2C[C@]3(C)NC(=O)CCC[C@@H]3N2CC(=O)Nc2ccc(NC(C)=O)cc2Cl)cc1. The molecule has 9 heteroatoms. The number of rotatable bonds is 6. The van der Waals surface area contributed by atoms with Gasteiger partial charge in [-0.3, -0.25) is 19.3 Å². The quantitative estimate of drug-likeness (QED) is 0.556. The molecule has 186 valence electrons. The van der Waals surface area contributed by atoms with Crippen molar-refractivity contribution in [3.8, 4) is 5.75 Å². The van der Waals surface area contributed by atoms with Crippen LogP contribution in [0.1, 0.15) is 51.1 Å². The topological polar surface area (TPSA) is 99.8 Å². The second-order valence-electron chi connectivity index (χ2n) is 9.46. The van der Waals surface area contributed by atoms with E-state index >= 15 is 0 Å². The van der Waals surface area contributed by atoms with Gasteiger partial charge in [-0.2, -0.15) is 0 Å². The van der Waals surface area contributed by atoms with E-state index in [1.165, 1.54) is 6.92 Å². The number of benzene rings is 2. The number of ether oxygens (including phenoxy) is 1. The average molecular weight is 499 g/mol. The Morgan fingerprint density at radius 2 is 1.94 bits per heavy atom. The van der Waals surface area contributed by atoms with Gasteiger partial charge in [-0.15, -0.1) is 0 Å². The van der Waals surface area contributed by atoms with Gasteiger partial charge in [0.05, 0.1) is 29.9 Å². The minimum atomic E-state index is -0.434. The van der Waals surface area contributed by atoms with Crippen molar-refractivity contribution in [2.24, 2.45) is 0 Å². The minimum absolute atomic E-state index is 0.0180. The van der Waals surface area contributed by atoms with Crippen LogP contribution in [0.4, 0.5) is 11.4 Å². The third kappa shape index (κ3) is 5.60. The number of hydrogen-bond acceptors (Lipinski definition) is 5. The first-order valence-corrected chi connectivity index (χ1v) is 12.1. The van der Waals surface area contributed by atoms with E-state index < -0.39 is 5.54 Å². The molecule has 2 fully saturated rings. The van der Waals surface area contributed by atoms with E-state index in [-0.39, 0.29) is 36.3 Å². The van der Waals surface area contributed by atoms with Gasteiger partial charge < -0.3 is 20.7 Å². The lowest BCUT2D eigenvalue weighted by molar-refractivity contribution is -0.122. The molecule has 0 aromatic heterocycles. The lowest BCUT2D eigenvalue weighted by Gasteiger charge is -2.34. The monoisotopic (exact) mass is 498 g/mol. The van der Waals surface area contributed by atoms with E-state index in [2.05, 4.69) is 27.8 Å². The molecule has 2 heterocycles. The van der Waals surface area contributed by atoms with E-state index in [1.807, 2.05) is 24.3 Å². The van der Waals surface area contributed by atoms with Crippen LogP contribution < -0.4 is 20.7 Å².